The van der Waals surface area contributed by atoms with E-state index in [2.05, 4.69) is 50.2 Å². The van der Waals surface area contributed by atoms with Gasteiger partial charge in [0.25, 0.3) is 0 Å². The molecule has 0 aliphatic heterocycles. The average Bonchev–Trinajstić information content (AvgIpc) is 2.38. The van der Waals surface area contributed by atoms with Gasteiger partial charge in [0, 0.05) is 11.8 Å². The predicted octanol–water partition coefficient (Wildman–Crippen LogP) is 3.72. The molecule has 0 fully saturated rings. The number of pyridine rings is 1. The molecule has 0 saturated heterocycles. The molecule has 0 bridgehead atoms. The summed E-state index contributed by atoms with van der Waals surface area (Å²) in [5.41, 5.74) is -4.94. The fourth-order valence-electron chi connectivity index (χ4n) is 1.41. The molecule has 0 aliphatic rings. The molecule has 11 heteroatoms. The van der Waals surface area contributed by atoms with E-state index < -0.39 is 44.4 Å². The van der Waals surface area contributed by atoms with Crippen molar-refractivity contribution in [1.82, 2.24) is 4.98 Å². The van der Waals surface area contributed by atoms with Crippen LogP contribution in [-0.4, -0.2) is 45.2 Å². The monoisotopic (exact) mass is 612 g/mol. The molecule has 1 rings (SSSR count). The number of hydrogen-bond acceptors (Lipinski definition) is 5. The van der Waals surface area contributed by atoms with Crippen molar-refractivity contribution in [2.24, 2.45) is 0 Å². The molecule has 1 aromatic rings. The first-order valence-electron chi connectivity index (χ1n) is 5.95. The number of nitrogens with zero attached hydrogens (tertiary/aromatic N) is 1. The summed E-state index contributed by atoms with van der Waals surface area (Å²) in [5.74, 6) is -2.24. The van der Waals surface area contributed by atoms with E-state index in [9.17, 15) is 23.2 Å². The van der Waals surface area contributed by atoms with Crippen LogP contribution < -0.4 is 0 Å². The van der Waals surface area contributed by atoms with Crippen LogP contribution in [0.4, 0.5) is 8.78 Å². The second-order valence-corrected chi connectivity index (χ2v) is 26.2. The Balaban J connectivity index is 0.00000108. The van der Waals surface area contributed by atoms with E-state index in [0.717, 1.165) is 19.5 Å². The van der Waals surface area contributed by atoms with Crippen LogP contribution in [0.25, 0.3) is 0 Å². The maximum absolute atomic E-state index is 13.8. The summed E-state index contributed by atoms with van der Waals surface area (Å²) in [6.07, 6.45) is 0.840. The van der Waals surface area contributed by atoms with E-state index in [0.29, 0.717) is 0 Å². The molecule has 0 aliphatic carbocycles. The summed E-state index contributed by atoms with van der Waals surface area (Å²) >= 11 is 4.73. The first-order valence-corrected chi connectivity index (χ1v) is 18.6. The Morgan fingerprint density at radius 1 is 1.48 bits per heavy atom. The number of aromatic hydroxyl groups is 1. The number of aliphatic hydroxyl groups is 1. The molecule has 0 atom stereocenters. The van der Waals surface area contributed by atoms with Gasteiger partial charge in [0.15, 0.2) is 7.14 Å². The van der Waals surface area contributed by atoms with Crippen LogP contribution in [0, 0.1) is 6.92 Å². The Bertz CT molecular complexity index is 663. The SMILES string of the molecule is Cc1ncc(C(=O)C(F)(F)P(C)(C)=O)c(CO)c1O.[CH2]=[V]([I])[I]. The molecule has 0 aromatic carbocycles. The van der Waals surface area contributed by atoms with Gasteiger partial charge in [0.1, 0.15) is 5.75 Å². The number of halogens is 4. The number of aryl methyl sites for hydroxylation is 1. The first-order chi connectivity index (χ1) is 10.3. The quantitative estimate of drug-likeness (QED) is 0.308. The third-order valence-corrected chi connectivity index (χ3v) is 4.25. The summed E-state index contributed by atoms with van der Waals surface area (Å²) in [6.45, 7) is 2.19. The Hall–Kier alpha value is 0.584. The second-order valence-electron chi connectivity index (χ2n) is 4.77. The Kier molecular flexibility index (Phi) is 9.57. The molecule has 0 amide bonds. The Morgan fingerprint density at radius 2 is 1.91 bits per heavy atom. The summed E-state index contributed by atoms with van der Waals surface area (Å²) in [6, 6.07) is 0. The van der Waals surface area contributed by atoms with Gasteiger partial charge in [0.2, 0.25) is 5.78 Å². The molecule has 23 heavy (non-hydrogen) atoms. The zero-order valence-corrected chi connectivity index (χ0v) is 19.2. The van der Waals surface area contributed by atoms with Crippen molar-refractivity contribution in [2.75, 3.05) is 13.3 Å². The summed E-state index contributed by atoms with van der Waals surface area (Å²) < 4.78 is 39.0. The van der Waals surface area contributed by atoms with Crippen molar-refractivity contribution >= 4 is 58.1 Å². The van der Waals surface area contributed by atoms with E-state index in [1.807, 2.05) is 0 Å². The average molecular weight is 612 g/mol. The normalized spacial score (nSPS) is 11.5. The van der Waals surface area contributed by atoms with Crippen LogP contribution in [0.15, 0.2) is 6.20 Å². The fraction of sp³-hybridized carbons (Fsp3) is 0.417. The van der Waals surface area contributed by atoms with Gasteiger partial charge in [-0.25, -0.2) is 0 Å². The third-order valence-electron chi connectivity index (χ3n) is 2.69. The number of aliphatic hydroxyl groups excluding tert-OH is 1. The summed E-state index contributed by atoms with van der Waals surface area (Å²) in [5, 5.41) is 22.5. The van der Waals surface area contributed by atoms with E-state index in [1.165, 1.54) is 6.92 Å². The molecular formula is C12H16F2I2NO4PV. The van der Waals surface area contributed by atoms with Crippen LogP contribution in [-0.2, 0) is 19.1 Å². The van der Waals surface area contributed by atoms with Gasteiger partial charge in [-0.1, -0.05) is 0 Å². The standard InChI is InChI=1S/C11H14F2NO4P.CH2.2HI.V/c1-6-9(16)8(5-15)7(4-14-6)10(17)11(12,13)19(2,3)18;;;;/h4,15-16H,5H2,1-3H3;1H2;2*1H;/q;;;;+2/p-2. The zero-order chi connectivity index (χ0) is 18.6. The number of carbonyl (C=O) groups is 1. The van der Waals surface area contributed by atoms with Crippen LogP contribution >= 0.6 is 47.1 Å². The predicted molar refractivity (Wildman–Crippen MR) is 100 cm³/mol. The fourth-order valence-corrected chi connectivity index (χ4v) is 2.02. The van der Waals surface area contributed by atoms with Crippen molar-refractivity contribution < 1.29 is 36.2 Å². The van der Waals surface area contributed by atoms with Crippen LogP contribution in [0.5, 0.6) is 5.75 Å². The second kappa shape index (κ2) is 9.33. The minimum absolute atomic E-state index is 0.0973. The Morgan fingerprint density at radius 3 is 2.26 bits per heavy atom. The van der Waals surface area contributed by atoms with Crippen LogP contribution in [0.1, 0.15) is 21.6 Å². The van der Waals surface area contributed by atoms with Gasteiger partial charge in [-0.3, -0.25) is 9.78 Å². The van der Waals surface area contributed by atoms with E-state index in [1.54, 1.807) is 0 Å². The van der Waals surface area contributed by atoms with Crippen molar-refractivity contribution in [3.05, 3.63) is 23.0 Å². The first kappa shape index (κ1) is 23.6. The third kappa shape index (κ3) is 6.43. The number of alkyl halides is 2. The van der Waals surface area contributed by atoms with Crippen molar-refractivity contribution in [3.8, 4) is 5.75 Å². The van der Waals surface area contributed by atoms with Gasteiger partial charge >= 0.3 is 58.7 Å². The van der Waals surface area contributed by atoms with Crippen molar-refractivity contribution in [2.45, 2.75) is 19.2 Å². The van der Waals surface area contributed by atoms with E-state index in [4.69, 9.17) is 5.11 Å². The number of rotatable bonds is 4. The Labute approximate surface area is 159 Å². The van der Waals surface area contributed by atoms with Crippen LogP contribution in [0.2, 0.25) is 0 Å². The number of aromatic nitrogens is 1. The zero-order valence-electron chi connectivity index (χ0n) is 12.6. The minimum atomic E-state index is -4.07. The number of hydrogen-bond donors (Lipinski definition) is 2. The summed E-state index contributed by atoms with van der Waals surface area (Å²) in [4.78, 5) is 15.4. The molecule has 0 spiro atoms. The van der Waals surface area contributed by atoms with Gasteiger partial charge < -0.3 is 14.8 Å². The molecule has 0 radical (unpaired) electrons. The van der Waals surface area contributed by atoms with Crippen molar-refractivity contribution in [1.29, 1.82) is 0 Å². The van der Waals surface area contributed by atoms with Gasteiger partial charge in [0.05, 0.1) is 17.9 Å². The number of Topliss-reactive ketones (excluding diaryl/α,β-unsaturated/α-hetero) is 1. The van der Waals surface area contributed by atoms with Crippen molar-refractivity contribution in [3.63, 3.8) is 0 Å². The van der Waals surface area contributed by atoms with Gasteiger partial charge in [-0.05, 0) is 20.3 Å². The van der Waals surface area contributed by atoms with Gasteiger partial charge in [-0.2, -0.15) is 8.78 Å². The molecule has 2 N–H and O–H groups in total. The molecule has 1 aromatic heterocycles. The van der Waals surface area contributed by atoms with Crippen LogP contribution in [0.3, 0.4) is 0 Å². The van der Waals surface area contributed by atoms with E-state index in [-0.39, 0.29) is 11.3 Å². The molecular weight excluding hydrogens is 596 g/mol. The molecule has 0 saturated carbocycles. The molecule has 131 valence electrons. The number of carbonyl (C=O) groups excluding carboxylic acids is 1. The molecule has 5 nitrogen and oxygen atoms in total. The van der Waals surface area contributed by atoms with E-state index >= 15 is 0 Å². The van der Waals surface area contributed by atoms with Gasteiger partial charge in [-0.15, -0.1) is 0 Å². The topological polar surface area (TPSA) is 87.5 Å². The maximum atomic E-state index is 13.8. The molecule has 1 heterocycles. The molecule has 0 unspecified atom stereocenters. The number of ketones is 1. The summed E-state index contributed by atoms with van der Waals surface area (Å²) in [7, 11) is -4.52.